The number of halogens is 1. The fourth-order valence-corrected chi connectivity index (χ4v) is 2.75. The molecule has 4 nitrogen and oxygen atoms in total. The predicted molar refractivity (Wildman–Crippen MR) is 73.0 cm³/mol. The molecule has 2 heterocycles. The standard InChI is InChI=1S/C13H22ClN3O/c1-13(2)10-17(9-12(8-14)18-13)7-5-11-4-6-15-16(11)3/h4,6,12H,5,7-10H2,1-3H3. The highest BCUT2D eigenvalue weighted by molar-refractivity contribution is 6.18. The van der Waals surface area contributed by atoms with Crippen molar-refractivity contribution in [3.63, 3.8) is 0 Å². The number of morpholine rings is 1. The van der Waals surface area contributed by atoms with E-state index in [1.165, 1.54) is 5.69 Å². The molecule has 0 saturated carbocycles. The van der Waals surface area contributed by atoms with Crippen molar-refractivity contribution >= 4 is 11.6 Å². The SMILES string of the molecule is Cn1nccc1CCN1CC(CCl)OC(C)(C)C1. The zero-order chi connectivity index (χ0) is 13.2. The molecular weight excluding hydrogens is 250 g/mol. The highest BCUT2D eigenvalue weighted by atomic mass is 35.5. The third-order valence-electron chi connectivity index (χ3n) is 3.33. The molecule has 1 aromatic heterocycles. The molecule has 5 heteroatoms. The van der Waals surface area contributed by atoms with Gasteiger partial charge >= 0.3 is 0 Å². The molecule has 0 spiro atoms. The Morgan fingerprint density at radius 3 is 2.94 bits per heavy atom. The van der Waals surface area contributed by atoms with E-state index in [4.69, 9.17) is 16.3 Å². The Balaban J connectivity index is 1.90. The lowest BCUT2D eigenvalue weighted by Gasteiger charge is -2.42. The zero-order valence-electron chi connectivity index (χ0n) is 11.4. The minimum absolute atomic E-state index is 0.107. The molecule has 0 amide bonds. The summed E-state index contributed by atoms with van der Waals surface area (Å²) in [5.74, 6) is 0.561. The van der Waals surface area contributed by atoms with Gasteiger partial charge < -0.3 is 4.74 Å². The molecule has 0 bridgehead atoms. The van der Waals surface area contributed by atoms with E-state index in [1.807, 2.05) is 17.9 Å². The largest absolute Gasteiger partial charge is 0.368 e. The fourth-order valence-electron chi connectivity index (χ4n) is 2.59. The maximum Gasteiger partial charge on any atom is 0.0844 e. The first-order valence-electron chi connectivity index (χ1n) is 6.43. The molecular formula is C13H22ClN3O. The Kier molecular flexibility index (Phi) is 4.30. The molecule has 1 unspecified atom stereocenters. The molecule has 1 aromatic rings. The fraction of sp³-hybridized carbons (Fsp3) is 0.769. The number of ether oxygens (including phenoxy) is 1. The van der Waals surface area contributed by atoms with E-state index in [2.05, 4.69) is 29.9 Å². The number of aryl methyl sites for hydroxylation is 1. The van der Waals surface area contributed by atoms with Crippen LogP contribution in [0.4, 0.5) is 0 Å². The van der Waals surface area contributed by atoms with E-state index in [1.54, 1.807) is 0 Å². The summed E-state index contributed by atoms with van der Waals surface area (Å²) >= 11 is 5.93. The molecule has 18 heavy (non-hydrogen) atoms. The molecule has 1 aliphatic heterocycles. The summed E-state index contributed by atoms with van der Waals surface area (Å²) in [5.41, 5.74) is 1.16. The predicted octanol–water partition coefficient (Wildman–Crippen LogP) is 1.68. The van der Waals surface area contributed by atoms with Gasteiger partial charge in [-0.15, -0.1) is 11.6 Å². The van der Waals surface area contributed by atoms with Gasteiger partial charge in [-0.3, -0.25) is 9.58 Å². The first kappa shape index (κ1) is 13.8. The van der Waals surface area contributed by atoms with E-state index in [0.29, 0.717) is 5.88 Å². The van der Waals surface area contributed by atoms with Crippen molar-refractivity contribution < 1.29 is 4.74 Å². The second-order valence-corrected chi connectivity index (χ2v) is 5.89. The highest BCUT2D eigenvalue weighted by Gasteiger charge is 2.32. The van der Waals surface area contributed by atoms with Gasteiger partial charge in [-0.1, -0.05) is 0 Å². The van der Waals surface area contributed by atoms with Crippen LogP contribution in [0.15, 0.2) is 12.3 Å². The molecule has 1 saturated heterocycles. The van der Waals surface area contributed by atoms with Crippen LogP contribution < -0.4 is 0 Å². The van der Waals surface area contributed by atoms with Crippen LogP contribution in [0.1, 0.15) is 19.5 Å². The van der Waals surface area contributed by atoms with Crippen LogP contribution >= 0.6 is 11.6 Å². The lowest BCUT2D eigenvalue weighted by Crippen LogP contribution is -2.53. The maximum absolute atomic E-state index is 5.93. The maximum atomic E-state index is 5.93. The van der Waals surface area contributed by atoms with Crippen molar-refractivity contribution in [1.29, 1.82) is 0 Å². The van der Waals surface area contributed by atoms with Crippen molar-refractivity contribution in [1.82, 2.24) is 14.7 Å². The van der Waals surface area contributed by atoms with Crippen molar-refractivity contribution in [3.05, 3.63) is 18.0 Å². The molecule has 0 radical (unpaired) electrons. The van der Waals surface area contributed by atoms with Crippen LogP contribution in [0, 0.1) is 0 Å². The van der Waals surface area contributed by atoms with Gasteiger partial charge in [0.2, 0.25) is 0 Å². The number of nitrogens with zero attached hydrogens (tertiary/aromatic N) is 3. The van der Waals surface area contributed by atoms with Crippen LogP contribution in [0.3, 0.4) is 0 Å². The quantitative estimate of drug-likeness (QED) is 0.781. The van der Waals surface area contributed by atoms with Gasteiger partial charge in [-0.05, 0) is 19.9 Å². The molecule has 1 atom stereocenters. The van der Waals surface area contributed by atoms with Gasteiger partial charge in [-0.2, -0.15) is 5.10 Å². The number of hydrogen-bond donors (Lipinski definition) is 0. The van der Waals surface area contributed by atoms with Crippen molar-refractivity contribution in [2.45, 2.75) is 32.0 Å². The average Bonchev–Trinajstić information content (AvgIpc) is 2.70. The molecule has 102 valence electrons. The molecule has 0 aliphatic carbocycles. The molecule has 2 rings (SSSR count). The summed E-state index contributed by atoms with van der Waals surface area (Å²) in [5, 5.41) is 4.19. The Hall–Kier alpha value is -0.580. The van der Waals surface area contributed by atoms with Gasteiger partial charge in [0, 0.05) is 50.9 Å². The molecule has 0 aromatic carbocycles. The second-order valence-electron chi connectivity index (χ2n) is 5.59. The lowest BCUT2D eigenvalue weighted by molar-refractivity contribution is -0.127. The van der Waals surface area contributed by atoms with E-state index < -0.39 is 0 Å². The third kappa shape index (κ3) is 3.46. The first-order chi connectivity index (χ1) is 8.50. The summed E-state index contributed by atoms with van der Waals surface area (Å²) in [6.45, 7) is 7.16. The summed E-state index contributed by atoms with van der Waals surface area (Å²) in [6, 6.07) is 2.07. The highest BCUT2D eigenvalue weighted by Crippen LogP contribution is 2.21. The smallest absolute Gasteiger partial charge is 0.0844 e. The monoisotopic (exact) mass is 271 g/mol. The number of rotatable bonds is 4. The topological polar surface area (TPSA) is 30.3 Å². The first-order valence-corrected chi connectivity index (χ1v) is 6.96. The van der Waals surface area contributed by atoms with Crippen molar-refractivity contribution in [2.24, 2.45) is 7.05 Å². The van der Waals surface area contributed by atoms with E-state index in [0.717, 1.165) is 26.1 Å². The Labute approximate surface area is 114 Å². The average molecular weight is 272 g/mol. The Bertz CT molecular complexity index is 391. The van der Waals surface area contributed by atoms with Crippen LogP contribution in [0.5, 0.6) is 0 Å². The third-order valence-corrected chi connectivity index (χ3v) is 3.67. The molecule has 1 fully saturated rings. The van der Waals surface area contributed by atoms with Crippen LogP contribution in [0.25, 0.3) is 0 Å². The van der Waals surface area contributed by atoms with E-state index in [-0.39, 0.29) is 11.7 Å². The van der Waals surface area contributed by atoms with Crippen LogP contribution in [0.2, 0.25) is 0 Å². The van der Waals surface area contributed by atoms with E-state index >= 15 is 0 Å². The second kappa shape index (κ2) is 5.59. The number of aromatic nitrogens is 2. The van der Waals surface area contributed by atoms with Gasteiger partial charge in [0.15, 0.2) is 0 Å². The summed E-state index contributed by atoms with van der Waals surface area (Å²) in [7, 11) is 1.99. The van der Waals surface area contributed by atoms with E-state index in [9.17, 15) is 0 Å². The Morgan fingerprint density at radius 2 is 2.33 bits per heavy atom. The van der Waals surface area contributed by atoms with Gasteiger partial charge in [0.25, 0.3) is 0 Å². The van der Waals surface area contributed by atoms with Crippen LogP contribution in [-0.2, 0) is 18.2 Å². The van der Waals surface area contributed by atoms with Crippen molar-refractivity contribution in [2.75, 3.05) is 25.5 Å². The van der Waals surface area contributed by atoms with Crippen LogP contribution in [-0.4, -0.2) is 51.9 Å². The van der Waals surface area contributed by atoms with Gasteiger partial charge in [0.05, 0.1) is 11.7 Å². The van der Waals surface area contributed by atoms with Gasteiger partial charge in [-0.25, -0.2) is 0 Å². The zero-order valence-corrected chi connectivity index (χ0v) is 12.2. The summed E-state index contributed by atoms with van der Waals surface area (Å²) < 4.78 is 7.86. The minimum atomic E-state index is -0.107. The summed E-state index contributed by atoms with van der Waals surface area (Å²) in [4.78, 5) is 2.43. The Morgan fingerprint density at radius 1 is 1.56 bits per heavy atom. The van der Waals surface area contributed by atoms with Gasteiger partial charge in [0.1, 0.15) is 0 Å². The summed E-state index contributed by atoms with van der Waals surface area (Å²) in [6.07, 6.45) is 3.00. The molecule has 0 N–H and O–H groups in total. The van der Waals surface area contributed by atoms with Crippen molar-refractivity contribution in [3.8, 4) is 0 Å². The number of alkyl halides is 1. The molecule has 1 aliphatic rings. The minimum Gasteiger partial charge on any atom is -0.368 e. The lowest BCUT2D eigenvalue weighted by atomic mass is 10.1. The number of hydrogen-bond acceptors (Lipinski definition) is 3. The normalized spacial score (nSPS) is 24.3.